The van der Waals surface area contributed by atoms with Gasteiger partial charge in [-0.25, -0.2) is 0 Å². The average molecular weight is 435 g/mol. The fraction of sp³-hybridized carbons (Fsp3) is 0.235. The molecule has 3 rings (SSSR count). The van der Waals surface area contributed by atoms with E-state index in [1.54, 1.807) is 19.3 Å². The van der Waals surface area contributed by atoms with E-state index < -0.39 is 10.2 Å². The number of furan rings is 1. The van der Waals surface area contributed by atoms with Crippen LogP contribution in [0.2, 0.25) is 0 Å². The van der Waals surface area contributed by atoms with E-state index in [0.717, 1.165) is 5.76 Å². The molecular formula is C17H17N5O5S2. The zero-order valence-corrected chi connectivity index (χ0v) is 17.1. The maximum absolute atomic E-state index is 12.5. The van der Waals surface area contributed by atoms with Crippen LogP contribution in [-0.2, 0) is 11.3 Å². The summed E-state index contributed by atoms with van der Waals surface area (Å²) in [5.41, 5.74) is 0.0926. The molecule has 0 saturated carbocycles. The number of rotatable bonds is 9. The number of ether oxygens (including phenoxy) is 1. The summed E-state index contributed by atoms with van der Waals surface area (Å²) in [6, 6.07) is 7.65. The number of nitro benzene ring substituents is 1. The summed E-state index contributed by atoms with van der Waals surface area (Å²) in [5.74, 6) is 0.767. The Balaban J connectivity index is 1.59. The van der Waals surface area contributed by atoms with E-state index in [0.29, 0.717) is 21.8 Å². The number of methoxy groups -OCH3 is 1. The molecule has 2 heterocycles. The highest BCUT2D eigenvalue weighted by atomic mass is 32.2. The van der Waals surface area contributed by atoms with Crippen LogP contribution in [-0.4, -0.2) is 33.4 Å². The van der Waals surface area contributed by atoms with Gasteiger partial charge in [-0.05, 0) is 25.1 Å². The number of thioether (sulfide) groups is 1. The molecule has 29 heavy (non-hydrogen) atoms. The van der Waals surface area contributed by atoms with Crippen LogP contribution < -0.4 is 15.4 Å². The molecule has 1 aromatic carbocycles. The number of non-ortho nitro benzene ring substituents is 1. The van der Waals surface area contributed by atoms with Crippen molar-refractivity contribution in [3.8, 4) is 5.75 Å². The molecule has 2 aromatic heterocycles. The lowest BCUT2D eigenvalue weighted by atomic mass is 10.2. The molecule has 1 unspecified atom stereocenters. The topological polar surface area (TPSA) is 132 Å². The van der Waals surface area contributed by atoms with Crippen molar-refractivity contribution in [1.29, 1.82) is 0 Å². The van der Waals surface area contributed by atoms with Crippen molar-refractivity contribution in [1.82, 2.24) is 10.2 Å². The number of nitrogens with zero attached hydrogens (tertiary/aromatic N) is 3. The summed E-state index contributed by atoms with van der Waals surface area (Å²) in [6.45, 7) is 2.19. The molecule has 0 bridgehead atoms. The van der Waals surface area contributed by atoms with Gasteiger partial charge in [0.1, 0.15) is 11.5 Å². The monoisotopic (exact) mass is 435 g/mol. The van der Waals surface area contributed by atoms with Crippen molar-refractivity contribution in [3.63, 3.8) is 0 Å². The first-order valence-corrected chi connectivity index (χ1v) is 10.1. The number of carbonyl (C=O) groups is 1. The highest BCUT2D eigenvalue weighted by Gasteiger charge is 2.20. The average Bonchev–Trinajstić information content (AvgIpc) is 3.38. The maximum atomic E-state index is 12.5. The van der Waals surface area contributed by atoms with Gasteiger partial charge in [0.25, 0.3) is 5.69 Å². The highest BCUT2D eigenvalue weighted by molar-refractivity contribution is 8.02. The van der Waals surface area contributed by atoms with Gasteiger partial charge >= 0.3 is 0 Å². The van der Waals surface area contributed by atoms with E-state index in [1.807, 2.05) is 6.07 Å². The van der Waals surface area contributed by atoms with Crippen molar-refractivity contribution in [2.24, 2.45) is 0 Å². The Hall–Kier alpha value is -3.12. The Morgan fingerprint density at radius 2 is 2.24 bits per heavy atom. The lowest BCUT2D eigenvalue weighted by molar-refractivity contribution is -0.384. The molecule has 0 fully saturated rings. The summed E-state index contributed by atoms with van der Waals surface area (Å²) in [7, 11) is 1.42. The van der Waals surface area contributed by atoms with Crippen molar-refractivity contribution >= 4 is 45.5 Å². The van der Waals surface area contributed by atoms with Crippen LogP contribution in [0.5, 0.6) is 5.75 Å². The Labute approximate surface area is 173 Å². The number of hydrogen-bond acceptors (Lipinski definition) is 10. The molecule has 2 N–H and O–H groups in total. The number of carbonyl (C=O) groups excluding carboxylic acids is 1. The first-order chi connectivity index (χ1) is 14.0. The fourth-order valence-corrected chi connectivity index (χ4v) is 4.14. The third-order valence-electron chi connectivity index (χ3n) is 3.70. The van der Waals surface area contributed by atoms with E-state index in [-0.39, 0.29) is 17.3 Å². The molecule has 1 atom stereocenters. The summed E-state index contributed by atoms with van der Waals surface area (Å²) < 4.78 is 11.0. The quantitative estimate of drug-likeness (QED) is 0.293. The Kier molecular flexibility index (Phi) is 6.67. The maximum Gasteiger partial charge on any atom is 0.271 e. The molecule has 0 aliphatic heterocycles. The molecule has 10 nitrogen and oxygen atoms in total. The molecule has 3 aromatic rings. The Morgan fingerprint density at radius 3 is 2.93 bits per heavy atom. The summed E-state index contributed by atoms with van der Waals surface area (Å²) in [4.78, 5) is 23.0. The largest absolute Gasteiger partial charge is 0.495 e. The molecule has 0 aliphatic rings. The fourth-order valence-electron chi connectivity index (χ4n) is 2.25. The number of benzene rings is 1. The van der Waals surface area contributed by atoms with Crippen LogP contribution in [0.4, 0.5) is 16.5 Å². The van der Waals surface area contributed by atoms with Crippen molar-refractivity contribution in [2.75, 3.05) is 17.7 Å². The number of amides is 1. The normalized spacial score (nSPS) is 11.7. The number of anilines is 2. The third kappa shape index (κ3) is 5.45. The van der Waals surface area contributed by atoms with E-state index in [4.69, 9.17) is 9.15 Å². The summed E-state index contributed by atoms with van der Waals surface area (Å²) >= 11 is 2.55. The van der Waals surface area contributed by atoms with Crippen LogP contribution in [0.3, 0.4) is 0 Å². The molecule has 1 amide bonds. The van der Waals surface area contributed by atoms with E-state index in [1.165, 1.54) is 48.4 Å². The zero-order valence-electron chi connectivity index (χ0n) is 15.4. The van der Waals surface area contributed by atoms with E-state index in [2.05, 4.69) is 20.8 Å². The second kappa shape index (κ2) is 9.39. The number of nitro groups is 1. The van der Waals surface area contributed by atoms with Crippen LogP contribution in [0.15, 0.2) is 45.4 Å². The SMILES string of the molecule is COc1ccc([N+](=O)[O-])cc1NC(=O)C(C)Sc1nnc(NCc2ccco2)s1. The van der Waals surface area contributed by atoms with Crippen molar-refractivity contribution < 1.29 is 18.9 Å². The minimum absolute atomic E-state index is 0.141. The van der Waals surface area contributed by atoms with E-state index >= 15 is 0 Å². The third-order valence-corrected chi connectivity index (χ3v) is 5.76. The van der Waals surface area contributed by atoms with Crippen LogP contribution in [0.25, 0.3) is 0 Å². The first-order valence-electron chi connectivity index (χ1n) is 8.36. The predicted octanol–water partition coefficient (Wildman–Crippen LogP) is 3.78. The molecule has 12 heteroatoms. The minimum atomic E-state index is -0.536. The molecule has 152 valence electrons. The predicted molar refractivity (Wildman–Crippen MR) is 110 cm³/mol. The van der Waals surface area contributed by atoms with Gasteiger partial charge in [-0.15, -0.1) is 10.2 Å². The highest BCUT2D eigenvalue weighted by Crippen LogP contribution is 2.32. The minimum Gasteiger partial charge on any atom is -0.495 e. The lowest BCUT2D eigenvalue weighted by Crippen LogP contribution is -2.22. The number of aromatic nitrogens is 2. The molecule has 0 radical (unpaired) electrons. The number of nitrogens with one attached hydrogen (secondary N) is 2. The smallest absolute Gasteiger partial charge is 0.271 e. The molecule has 0 aliphatic carbocycles. The first kappa shape index (κ1) is 20.6. The standard InChI is InChI=1S/C17H17N5O5S2/c1-10(15(23)19-13-8-11(22(24)25)5-6-14(13)26-2)28-17-21-20-16(29-17)18-9-12-4-3-7-27-12/h3-8,10H,9H2,1-2H3,(H,18,20)(H,19,23). The molecule has 0 saturated heterocycles. The lowest BCUT2D eigenvalue weighted by Gasteiger charge is -2.13. The van der Waals surface area contributed by atoms with Gasteiger partial charge in [0, 0.05) is 12.1 Å². The van der Waals surface area contributed by atoms with Crippen LogP contribution in [0, 0.1) is 10.1 Å². The van der Waals surface area contributed by atoms with Gasteiger partial charge in [-0.3, -0.25) is 14.9 Å². The van der Waals surface area contributed by atoms with Gasteiger partial charge in [-0.1, -0.05) is 23.1 Å². The van der Waals surface area contributed by atoms with Gasteiger partial charge < -0.3 is 19.8 Å². The Bertz CT molecular complexity index is 992. The Morgan fingerprint density at radius 1 is 1.41 bits per heavy atom. The summed E-state index contributed by atoms with van der Waals surface area (Å²) in [5, 5.41) is 24.9. The number of hydrogen-bond donors (Lipinski definition) is 2. The second-order valence-corrected chi connectivity index (χ2v) is 8.26. The van der Waals surface area contributed by atoms with Crippen LogP contribution in [0.1, 0.15) is 12.7 Å². The molecule has 0 spiro atoms. The van der Waals surface area contributed by atoms with Gasteiger partial charge in [0.2, 0.25) is 11.0 Å². The van der Waals surface area contributed by atoms with Gasteiger partial charge in [-0.2, -0.15) is 0 Å². The van der Waals surface area contributed by atoms with Crippen molar-refractivity contribution in [2.45, 2.75) is 23.1 Å². The summed E-state index contributed by atoms with van der Waals surface area (Å²) in [6.07, 6.45) is 1.59. The van der Waals surface area contributed by atoms with Crippen molar-refractivity contribution in [3.05, 3.63) is 52.5 Å². The van der Waals surface area contributed by atoms with Gasteiger partial charge in [0.15, 0.2) is 4.34 Å². The molecular weight excluding hydrogens is 418 g/mol. The zero-order chi connectivity index (χ0) is 20.8. The van der Waals surface area contributed by atoms with E-state index in [9.17, 15) is 14.9 Å². The van der Waals surface area contributed by atoms with Gasteiger partial charge in [0.05, 0.1) is 35.8 Å². The second-order valence-electron chi connectivity index (χ2n) is 5.70. The van der Waals surface area contributed by atoms with Crippen LogP contribution >= 0.6 is 23.1 Å².